The monoisotopic (exact) mass is 290 g/mol. The van der Waals surface area contributed by atoms with Crippen molar-refractivity contribution >= 4 is 17.6 Å². The SMILES string of the molecule is COC(=O)c1nn(Cc2ccccn2)c(C(=O)OC)c1N. The summed E-state index contributed by atoms with van der Waals surface area (Å²) >= 11 is 0. The van der Waals surface area contributed by atoms with Crippen molar-refractivity contribution in [3.63, 3.8) is 0 Å². The number of esters is 2. The highest BCUT2D eigenvalue weighted by atomic mass is 16.5. The highest BCUT2D eigenvalue weighted by Crippen LogP contribution is 2.20. The van der Waals surface area contributed by atoms with E-state index in [1.165, 1.54) is 18.9 Å². The Labute approximate surface area is 120 Å². The fourth-order valence-corrected chi connectivity index (χ4v) is 1.79. The zero-order chi connectivity index (χ0) is 15.4. The Bertz CT molecular complexity index is 666. The maximum atomic E-state index is 11.8. The highest BCUT2D eigenvalue weighted by Gasteiger charge is 2.26. The zero-order valence-electron chi connectivity index (χ0n) is 11.6. The van der Waals surface area contributed by atoms with Crippen molar-refractivity contribution in [3.05, 3.63) is 41.5 Å². The van der Waals surface area contributed by atoms with Gasteiger partial charge in [0, 0.05) is 6.20 Å². The number of anilines is 1. The van der Waals surface area contributed by atoms with Crippen LogP contribution in [0, 0.1) is 0 Å². The number of nitrogens with two attached hydrogens (primary N) is 1. The second-order valence-electron chi connectivity index (χ2n) is 4.07. The third kappa shape index (κ3) is 2.83. The van der Waals surface area contributed by atoms with E-state index in [1.807, 2.05) is 0 Å². The molecule has 2 aromatic rings. The number of aromatic nitrogens is 3. The van der Waals surface area contributed by atoms with Crippen molar-refractivity contribution in [1.29, 1.82) is 0 Å². The molecule has 0 fully saturated rings. The molecule has 8 nitrogen and oxygen atoms in total. The molecule has 2 aromatic heterocycles. The van der Waals surface area contributed by atoms with Crippen LogP contribution in [0.25, 0.3) is 0 Å². The van der Waals surface area contributed by atoms with Crippen LogP contribution in [0.2, 0.25) is 0 Å². The molecule has 2 rings (SSSR count). The number of carbonyl (C=O) groups excluding carboxylic acids is 2. The molecule has 0 aliphatic heterocycles. The molecule has 0 saturated carbocycles. The fraction of sp³-hybridized carbons (Fsp3) is 0.231. The lowest BCUT2D eigenvalue weighted by molar-refractivity contribution is 0.0581. The van der Waals surface area contributed by atoms with Gasteiger partial charge in [-0.1, -0.05) is 6.07 Å². The lowest BCUT2D eigenvalue weighted by atomic mass is 10.3. The van der Waals surface area contributed by atoms with Crippen LogP contribution in [-0.4, -0.2) is 40.9 Å². The van der Waals surface area contributed by atoms with Crippen LogP contribution in [-0.2, 0) is 16.0 Å². The molecule has 0 radical (unpaired) electrons. The van der Waals surface area contributed by atoms with Crippen molar-refractivity contribution < 1.29 is 19.1 Å². The van der Waals surface area contributed by atoms with Gasteiger partial charge in [-0.3, -0.25) is 4.98 Å². The van der Waals surface area contributed by atoms with Crippen LogP contribution in [0.1, 0.15) is 26.7 Å². The number of rotatable bonds is 4. The number of hydrogen-bond acceptors (Lipinski definition) is 7. The minimum absolute atomic E-state index is 0.0106. The smallest absolute Gasteiger partial charge is 0.360 e. The summed E-state index contributed by atoms with van der Waals surface area (Å²) in [6, 6.07) is 5.33. The number of nitrogens with zero attached hydrogens (tertiary/aromatic N) is 3. The van der Waals surface area contributed by atoms with Crippen molar-refractivity contribution in [2.45, 2.75) is 6.54 Å². The van der Waals surface area contributed by atoms with E-state index in [-0.39, 0.29) is 23.6 Å². The first-order valence-corrected chi connectivity index (χ1v) is 6.01. The summed E-state index contributed by atoms with van der Waals surface area (Å²) in [5, 5.41) is 4.02. The molecule has 2 heterocycles. The molecule has 0 aliphatic rings. The minimum atomic E-state index is -0.725. The van der Waals surface area contributed by atoms with Gasteiger partial charge in [0.1, 0.15) is 5.69 Å². The molecular weight excluding hydrogens is 276 g/mol. The third-order valence-electron chi connectivity index (χ3n) is 2.78. The van der Waals surface area contributed by atoms with Crippen molar-refractivity contribution in [1.82, 2.24) is 14.8 Å². The summed E-state index contributed by atoms with van der Waals surface area (Å²) in [5.41, 5.74) is 6.24. The topological polar surface area (TPSA) is 109 Å². The number of pyridine rings is 1. The molecule has 0 atom stereocenters. The molecule has 0 aliphatic carbocycles. The van der Waals surface area contributed by atoms with Crippen molar-refractivity contribution in [3.8, 4) is 0 Å². The lowest BCUT2D eigenvalue weighted by Crippen LogP contribution is -2.14. The van der Waals surface area contributed by atoms with E-state index >= 15 is 0 Å². The predicted molar refractivity (Wildman–Crippen MR) is 72.7 cm³/mol. The van der Waals surface area contributed by atoms with E-state index in [0.717, 1.165) is 0 Å². The van der Waals surface area contributed by atoms with Crippen LogP contribution in [0.4, 0.5) is 5.69 Å². The fourth-order valence-electron chi connectivity index (χ4n) is 1.79. The first-order valence-electron chi connectivity index (χ1n) is 6.01. The van der Waals surface area contributed by atoms with Gasteiger partial charge >= 0.3 is 11.9 Å². The maximum absolute atomic E-state index is 11.8. The van der Waals surface area contributed by atoms with E-state index in [9.17, 15) is 9.59 Å². The van der Waals surface area contributed by atoms with Gasteiger partial charge in [0.15, 0.2) is 11.4 Å². The Hall–Kier alpha value is -2.90. The van der Waals surface area contributed by atoms with E-state index in [1.54, 1.807) is 24.4 Å². The van der Waals surface area contributed by atoms with Crippen LogP contribution in [0.15, 0.2) is 24.4 Å². The summed E-state index contributed by atoms with van der Waals surface area (Å²) in [7, 11) is 2.43. The second kappa shape index (κ2) is 6.04. The van der Waals surface area contributed by atoms with Gasteiger partial charge in [0.05, 0.1) is 26.5 Å². The summed E-state index contributed by atoms with van der Waals surface area (Å²) < 4.78 is 10.5. The van der Waals surface area contributed by atoms with E-state index in [0.29, 0.717) is 5.69 Å². The summed E-state index contributed by atoms with van der Waals surface area (Å²) in [6.45, 7) is 0.173. The summed E-state index contributed by atoms with van der Waals surface area (Å²) in [4.78, 5) is 27.6. The first kappa shape index (κ1) is 14.5. The zero-order valence-corrected chi connectivity index (χ0v) is 11.6. The van der Waals surface area contributed by atoms with Gasteiger partial charge in [0.25, 0.3) is 0 Å². The molecule has 0 aromatic carbocycles. The Morgan fingerprint density at radius 2 is 1.95 bits per heavy atom. The molecule has 2 N–H and O–H groups in total. The van der Waals surface area contributed by atoms with E-state index in [4.69, 9.17) is 5.73 Å². The standard InChI is InChI=1S/C13H14N4O4/c1-20-12(18)10-9(14)11(13(19)21-2)17(16-10)7-8-5-3-4-6-15-8/h3-6H,7,14H2,1-2H3. The van der Waals surface area contributed by atoms with Gasteiger partial charge in [-0.05, 0) is 12.1 Å². The highest BCUT2D eigenvalue weighted by molar-refractivity contribution is 6.01. The first-order chi connectivity index (χ1) is 10.1. The van der Waals surface area contributed by atoms with E-state index in [2.05, 4.69) is 19.6 Å². The molecular formula is C13H14N4O4. The molecule has 8 heteroatoms. The van der Waals surface area contributed by atoms with Gasteiger partial charge in [-0.15, -0.1) is 0 Å². The Morgan fingerprint density at radius 1 is 1.24 bits per heavy atom. The van der Waals surface area contributed by atoms with Crippen LogP contribution in [0.3, 0.4) is 0 Å². The Kier molecular flexibility index (Phi) is 4.17. The van der Waals surface area contributed by atoms with Crippen LogP contribution < -0.4 is 5.73 Å². The van der Waals surface area contributed by atoms with Crippen molar-refractivity contribution in [2.24, 2.45) is 0 Å². The number of methoxy groups -OCH3 is 2. The van der Waals surface area contributed by atoms with Gasteiger partial charge in [-0.25, -0.2) is 14.3 Å². The van der Waals surface area contributed by atoms with Crippen LogP contribution >= 0.6 is 0 Å². The number of hydrogen-bond donors (Lipinski definition) is 1. The van der Waals surface area contributed by atoms with Gasteiger partial charge < -0.3 is 15.2 Å². The third-order valence-corrected chi connectivity index (χ3v) is 2.78. The molecule has 0 unspecified atom stereocenters. The molecule has 0 saturated heterocycles. The number of nitrogen functional groups attached to an aromatic ring is 1. The Morgan fingerprint density at radius 3 is 2.52 bits per heavy atom. The second-order valence-corrected chi connectivity index (χ2v) is 4.07. The van der Waals surface area contributed by atoms with Gasteiger partial charge in [0.2, 0.25) is 0 Å². The molecule has 21 heavy (non-hydrogen) atoms. The number of carbonyl (C=O) groups is 2. The molecule has 0 bridgehead atoms. The number of ether oxygens (including phenoxy) is 2. The largest absolute Gasteiger partial charge is 0.464 e. The predicted octanol–water partition coefficient (Wildman–Crippen LogP) is 0.482. The normalized spacial score (nSPS) is 10.2. The van der Waals surface area contributed by atoms with E-state index < -0.39 is 11.9 Å². The molecule has 0 spiro atoms. The maximum Gasteiger partial charge on any atom is 0.360 e. The Balaban J connectivity index is 2.48. The van der Waals surface area contributed by atoms with Gasteiger partial charge in [-0.2, -0.15) is 5.10 Å². The van der Waals surface area contributed by atoms with Crippen LogP contribution in [0.5, 0.6) is 0 Å². The average Bonchev–Trinajstić information content (AvgIpc) is 2.83. The van der Waals surface area contributed by atoms with Crippen molar-refractivity contribution in [2.75, 3.05) is 20.0 Å². The summed E-state index contributed by atoms with van der Waals surface area (Å²) in [6.07, 6.45) is 1.61. The summed E-state index contributed by atoms with van der Waals surface area (Å²) in [5.74, 6) is -1.41. The quantitative estimate of drug-likeness (QED) is 0.815. The lowest BCUT2D eigenvalue weighted by Gasteiger charge is -2.05. The molecule has 110 valence electrons. The average molecular weight is 290 g/mol. The minimum Gasteiger partial charge on any atom is -0.464 e. The molecule has 0 amide bonds.